The molecule has 0 aliphatic heterocycles. The van der Waals surface area contributed by atoms with Crippen molar-refractivity contribution in [1.29, 1.82) is 0 Å². The zero-order valence-electron chi connectivity index (χ0n) is 11.8. The van der Waals surface area contributed by atoms with E-state index in [1.165, 1.54) is 13.5 Å². The summed E-state index contributed by atoms with van der Waals surface area (Å²) in [7, 11) is 1.41. The summed E-state index contributed by atoms with van der Waals surface area (Å²) in [6.45, 7) is 0. The van der Waals surface area contributed by atoms with Crippen LogP contribution in [0.3, 0.4) is 0 Å². The van der Waals surface area contributed by atoms with Gasteiger partial charge in [0.1, 0.15) is 0 Å². The molecule has 0 bridgehead atoms. The molecular formula is C15H21N2O3-. The molecule has 110 valence electrons. The SMILES string of the molecule is COC(=O)CC1(Nc2ccccc2N[O-])CCCCC1. The first-order valence-corrected chi connectivity index (χ1v) is 7.01. The van der Waals surface area contributed by atoms with Gasteiger partial charge in [-0.25, -0.2) is 0 Å². The summed E-state index contributed by atoms with van der Waals surface area (Å²) in [5.41, 5.74) is 2.88. The number of carbonyl (C=O) groups is 1. The smallest absolute Gasteiger partial charge is 0.307 e. The van der Waals surface area contributed by atoms with E-state index in [-0.39, 0.29) is 11.5 Å². The Morgan fingerprint density at radius 2 is 1.90 bits per heavy atom. The van der Waals surface area contributed by atoms with E-state index < -0.39 is 0 Å². The number of hydrogen-bond acceptors (Lipinski definition) is 5. The van der Waals surface area contributed by atoms with Gasteiger partial charge in [0.25, 0.3) is 0 Å². The molecule has 1 aromatic rings. The summed E-state index contributed by atoms with van der Waals surface area (Å²) >= 11 is 0. The first-order chi connectivity index (χ1) is 9.69. The minimum atomic E-state index is -0.307. The molecule has 1 aliphatic carbocycles. The van der Waals surface area contributed by atoms with Crippen LogP contribution < -0.4 is 10.8 Å². The third-order valence-corrected chi connectivity index (χ3v) is 3.96. The topological polar surface area (TPSA) is 73.4 Å². The lowest BCUT2D eigenvalue weighted by atomic mass is 9.79. The van der Waals surface area contributed by atoms with E-state index in [0.29, 0.717) is 12.1 Å². The highest BCUT2D eigenvalue weighted by molar-refractivity contribution is 5.74. The lowest BCUT2D eigenvalue weighted by Crippen LogP contribution is -2.42. The Kier molecular flexibility index (Phi) is 4.84. The number of hydrogen-bond donors (Lipinski definition) is 2. The Bertz CT molecular complexity index is 456. The fraction of sp³-hybridized carbons (Fsp3) is 0.533. The van der Waals surface area contributed by atoms with Crippen LogP contribution in [0.15, 0.2) is 24.3 Å². The minimum Gasteiger partial charge on any atom is -0.761 e. The molecule has 0 unspecified atom stereocenters. The fourth-order valence-electron chi connectivity index (χ4n) is 2.89. The molecule has 0 atom stereocenters. The maximum absolute atomic E-state index is 11.7. The van der Waals surface area contributed by atoms with Gasteiger partial charge in [-0.1, -0.05) is 31.4 Å². The van der Waals surface area contributed by atoms with Gasteiger partial charge in [-0.2, -0.15) is 0 Å². The number of nitrogens with one attached hydrogen (secondary N) is 2. The Morgan fingerprint density at radius 1 is 1.25 bits per heavy atom. The van der Waals surface area contributed by atoms with Crippen LogP contribution in [0.1, 0.15) is 38.5 Å². The lowest BCUT2D eigenvalue weighted by molar-refractivity contribution is -0.142. The van der Waals surface area contributed by atoms with Crippen LogP contribution >= 0.6 is 0 Å². The standard InChI is InChI=1S/C15H21N2O3/c1-20-14(18)11-15(9-5-2-6-10-15)16-12-7-3-4-8-13(12)17-19/h3-4,7-8,16-17H,2,5-6,9-11H2,1H3/q-1. The molecule has 1 saturated carbocycles. The maximum atomic E-state index is 11.7. The number of methoxy groups -OCH3 is 1. The molecule has 2 N–H and O–H groups in total. The van der Waals surface area contributed by atoms with E-state index in [2.05, 4.69) is 5.32 Å². The van der Waals surface area contributed by atoms with Crippen molar-refractivity contribution in [2.45, 2.75) is 44.1 Å². The van der Waals surface area contributed by atoms with E-state index in [4.69, 9.17) is 4.74 Å². The summed E-state index contributed by atoms with van der Waals surface area (Å²) < 4.78 is 4.82. The van der Waals surface area contributed by atoms with Gasteiger partial charge in [0, 0.05) is 11.2 Å². The van der Waals surface area contributed by atoms with E-state index in [9.17, 15) is 10.0 Å². The van der Waals surface area contributed by atoms with Gasteiger partial charge in [0.2, 0.25) is 0 Å². The second-order valence-corrected chi connectivity index (χ2v) is 5.37. The molecule has 1 fully saturated rings. The zero-order valence-corrected chi connectivity index (χ0v) is 11.8. The fourth-order valence-corrected chi connectivity index (χ4v) is 2.89. The molecule has 0 spiro atoms. The molecule has 0 saturated heterocycles. The van der Waals surface area contributed by atoms with Gasteiger partial charge < -0.3 is 20.7 Å². The van der Waals surface area contributed by atoms with Gasteiger partial charge >= 0.3 is 5.97 Å². The zero-order chi connectivity index (χ0) is 14.4. The highest BCUT2D eigenvalue weighted by atomic mass is 16.5. The van der Waals surface area contributed by atoms with Crippen molar-refractivity contribution in [3.8, 4) is 0 Å². The average Bonchev–Trinajstić information content (AvgIpc) is 2.48. The Morgan fingerprint density at radius 3 is 2.50 bits per heavy atom. The van der Waals surface area contributed by atoms with Crippen molar-refractivity contribution in [2.24, 2.45) is 0 Å². The van der Waals surface area contributed by atoms with Gasteiger partial charge in [-0.3, -0.25) is 4.79 Å². The molecule has 0 amide bonds. The Hall–Kier alpha value is -1.75. The van der Waals surface area contributed by atoms with Crippen molar-refractivity contribution < 1.29 is 9.53 Å². The van der Waals surface area contributed by atoms with Crippen molar-refractivity contribution in [1.82, 2.24) is 0 Å². The molecule has 5 heteroatoms. The number of esters is 1. The van der Waals surface area contributed by atoms with Gasteiger partial charge in [0.05, 0.1) is 19.2 Å². The van der Waals surface area contributed by atoms with E-state index in [1.54, 1.807) is 12.1 Å². The quantitative estimate of drug-likeness (QED) is 0.638. The molecular weight excluding hydrogens is 256 g/mol. The number of anilines is 2. The minimum absolute atomic E-state index is 0.216. The summed E-state index contributed by atoms with van der Waals surface area (Å²) in [5, 5.41) is 14.4. The van der Waals surface area contributed by atoms with Crippen molar-refractivity contribution in [2.75, 3.05) is 17.9 Å². The van der Waals surface area contributed by atoms with Crippen LogP contribution in [0.2, 0.25) is 0 Å². The van der Waals surface area contributed by atoms with Crippen LogP contribution in [0, 0.1) is 5.21 Å². The number of benzene rings is 1. The number of ether oxygens (including phenoxy) is 1. The monoisotopic (exact) mass is 277 g/mol. The molecule has 5 nitrogen and oxygen atoms in total. The average molecular weight is 277 g/mol. The maximum Gasteiger partial charge on any atom is 0.307 e. The van der Waals surface area contributed by atoms with Gasteiger partial charge in [0.15, 0.2) is 0 Å². The Balaban J connectivity index is 2.20. The molecule has 0 aromatic heterocycles. The summed E-state index contributed by atoms with van der Waals surface area (Å²) in [6, 6.07) is 7.26. The first-order valence-electron chi connectivity index (χ1n) is 7.01. The first kappa shape index (κ1) is 14.7. The molecule has 1 aromatic carbocycles. The predicted octanol–water partition coefficient (Wildman–Crippen LogP) is 3.27. The summed E-state index contributed by atoms with van der Waals surface area (Å²) in [4.78, 5) is 11.7. The third-order valence-electron chi connectivity index (χ3n) is 3.96. The van der Waals surface area contributed by atoms with Gasteiger partial charge in [-0.05, 0) is 25.0 Å². The van der Waals surface area contributed by atoms with Crippen LogP contribution in [-0.2, 0) is 9.53 Å². The van der Waals surface area contributed by atoms with Crippen molar-refractivity contribution in [3.05, 3.63) is 29.5 Å². The second-order valence-electron chi connectivity index (χ2n) is 5.37. The van der Waals surface area contributed by atoms with E-state index in [0.717, 1.165) is 31.4 Å². The third kappa shape index (κ3) is 3.42. The van der Waals surface area contributed by atoms with Crippen molar-refractivity contribution >= 4 is 17.3 Å². The highest BCUT2D eigenvalue weighted by Crippen LogP contribution is 2.36. The molecule has 0 radical (unpaired) electrons. The van der Waals surface area contributed by atoms with E-state index >= 15 is 0 Å². The van der Waals surface area contributed by atoms with Crippen molar-refractivity contribution in [3.63, 3.8) is 0 Å². The number of rotatable bonds is 5. The predicted molar refractivity (Wildman–Crippen MR) is 79.5 cm³/mol. The Labute approximate surface area is 119 Å². The van der Waals surface area contributed by atoms with Crippen LogP contribution in [0.5, 0.6) is 0 Å². The molecule has 20 heavy (non-hydrogen) atoms. The number of carbonyl (C=O) groups excluding carboxylic acids is 1. The lowest BCUT2D eigenvalue weighted by Gasteiger charge is -2.39. The number of para-hydroxylation sites is 2. The normalized spacial score (nSPS) is 17.3. The van der Waals surface area contributed by atoms with E-state index in [1.807, 2.05) is 17.6 Å². The summed E-state index contributed by atoms with van der Waals surface area (Å²) in [5.74, 6) is -0.216. The van der Waals surface area contributed by atoms with Crippen LogP contribution in [0.4, 0.5) is 11.4 Å². The van der Waals surface area contributed by atoms with Crippen LogP contribution in [0.25, 0.3) is 0 Å². The van der Waals surface area contributed by atoms with Gasteiger partial charge in [-0.15, -0.1) is 0 Å². The molecule has 0 heterocycles. The molecule has 1 aliphatic rings. The van der Waals surface area contributed by atoms with Crippen LogP contribution in [-0.4, -0.2) is 18.6 Å². The second kappa shape index (κ2) is 6.61. The summed E-state index contributed by atoms with van der Waals surface area (Å²) in [6.07, 6.45) is 5.50. The largest absolute Gasteiger partial charge is 0.761 e. The highest BCUT2D eigenvalue weighted by Gasteiger charge is 2.35. The molecule has 2 rings (SSSR count).